The highest BCUT2D eigenvalue weighted by atomic mass is 15.2. The Labute approximate surface area is 81.5 Å². The van der Waals surface area contributed by atoms with E-state index in [0.717, 1.165) is 12.8 Å². The first-order valence-electron chi connectivity index (χ1n) is 4.79. The van der Waals surface area contributed by atoms with Crippen molar-refractivity contribution in [3.05, 3.63) is 11.1 Å². The summed E-state index contributed by atoms with van der Waals surface area (Å²) in [6, 6.07) is 0. The second-order valence-electron chi connectivity index (χ2n) is 3.64. The Morgan fingerprint density at radius 2 is 2.08 bits per heavy atom. The molecule has 0 N–H and O–H groups in total. The lowest BCUT2D eigenvalue weighted by Gasteiger charge is -2.08. The zero-order chi connectivity index (χ0) is 10.3. The zero-order valence-corrected chi connectivity index (χ0v) is 9.17. The van der Waals surface area contributed by atoms with Gasteiger partial charge in [-0.05, 0) is 31.3 Å². The van der Waals surface area contributed by atoms with E-state index in [1.54, 1.807) is 0 Å². The lowest BCUT2D eigenvalue weighted by Crippen LogP contribution is -1.96. The summed E-state index contributed by atoms with van der Waals surface area (Å²) in [4.78, 5) is 0. The zero-order valence-electron chi connectivity index (χ0n) is 9.17. The maximum absolute atomic E-state index is 3.83. The lowest BCUT2D eigenvalue weighted by molar-refractivity contribution is 0.650. The Hall–Kier alpha value is -0.920. The number of hydrogen-bond donors (Lipinski definition) is 0. The van der Waals surface area contributed by atoms with Crippen molar-refractivity contribution in [2.75, 3.05) is 0 Å². The number of nitrogens with zero attached hydrogens (tertiary/aromatic N) is 2. The average Bonchev–Trinajstić information content (AvgIpc) is 2.10. The molecule has 13 heavy (non-hydrogen) atoms. The Morgan fingerprint density at radius 1 is 1.46 bits per heavy atom. The van der Waals surface area contributed by atoms with E-state index in [0.29, 0.717) is 5.92 Å². The second-order valence-corrected chi connectivity index (χ2v) is 3.64. The molecular formula is C11H20N2. The van der Waals surface area contributed by atoms with Crippen LogP contribution in [-0.4, -0.2) is 12.9 Å². The minimum absolute atomic E-state index is 0.660. The Bertz CT molecular complexity index is 212. The van der Waals surface area contributed by atoms with Crippen molar-refractivity contribution >= 4 is 12.9 Å². The van der Waals surface area contributed by atoms with Crippen LogP contribution in [-0.2, 0) is 0 Å². The highest BCUT2D eigenvalue weighted by Gasteiger charge is 2.01. The van der Waals surface area contributed by atoms with Gasteiger partial charge in [0.05, 0.1) is 6.21 Å². The molecule has 0 bridgehead atoms. The minimum atomic E-state index is 0.660. The van der Waals surface area contributed by atoms with Gasteiger partial charge in [0, 0.05) is 6.72 Å². The van der Waals surface area contributed by atoms with Crippen LogP contribution in [0.5, 0.6) is 0 Å². The minimum Gasteiger partial charge on any atom is -0.167 e. The molecule has 0 aromatic carbocycles. The van der Waals surface area contributed by atoms with E-state index < -0.39 is 0 Å². The molecule has 0 saturated heterocycles. The van der Waals surface area contributed by atoms with Gasteiger partial charge in [-0.1, -0.05) is 26.3 Å². The number of hydrogen-bond acceptors (Lipinski definition) is 2. The molecule has 0 aromatic rings. The summed E-state index contributed by atoms with van der Waals surface area (Å²) in [6.45, 7) is 12.0. The summed E-state index contributed by atoms with van der Waals surface area (Å²) in [6.07, 6.45) is 3.97. The summed E-state index contributed by atoms with van der Waals surface area (Å²) < 4.78 is 0. The first-order valence-corrected chi connectivity index (χ1v) is 4.79. The van der Waals surface area contributed by atoms with E-state index in [2.05, 4.69) is 44.6 Å². The number of rotatable bonds is 5. The van der Waals surface area contributed by atoms with Gasteiger partial charge in [0.15, 0.2) is 0 Å². The predicted molar refractivity (Wildman–Crippen MR) is 60.5 cm³/mol. The van der Waals surface area contributed by atoms with Gasteiger partial charge in [0.1, 0.15) is 0 Å². The van der Waals surface area contributed by atoms with Crippen molar-refractivity contribution < 1.29 is 0 Å². The molecule has 0 atom stereocenters. The standard InChI is InChI=1S/C11H20N2/c1-6-10(4)11(7-9(2)3)8-13-12-5/h8-9H,5-7H2,1-4H3/b11-10+,13-8-. The van der Waals surface area contributed by atoms with Crippen molar-refractivity contribution in [3.63, 3.8) is 0 Å². The van der Waals surface area contributed by atoms with E-state index in [1.165, 1.54) is 11.1 Å². The molecule has 74 valence electrons. The maximum atomic E-state index is 3.83. The molecule has 0 aliphatic rings. The third kappa shape index (κ3) is 5.34. The molecule has 0 spiro atoms. The monoisotopic (exact) mass is 180 g/mol. The molecule has 2 nitrogen and oxygen atoms in total. The highest BCUT2D eigenvalue weighted by molar-refractivity contribution is 5.79. The predicted octanol–water partition coefficient (Wildman–Crippen LogP) is 3.45. The smallest absolute Gasteiger partial charge is 0.0526 e. The fourth-order valence-electron chi connectivity index (χ4n) is 1.11. The van der Waals surface area contributed by atoms with Crippen molar-refractivity contribution in [1.29, 1.82) is 0 Å². The molecule has 0 unspecified atom stereocenters. The summed E-state index contributed by atoms with van der Waals surface area (Å²) in [5, 5.41) is 7.31. The molecule has 0 rings (SSSR count). The topological polar surface area (TPSA) is 24.7 Å². The summed E-state index contributed by atoms with van der Waals surface area (Å²) in [7, 11) is 0. The van der Waals surface area contributed by atoms with Gasteiger partial charge < -0.3 is 0 Å². The highest BCUT2D eigenvalue weighted by Crippen LogP contribution is 2.15. The fraction of sp³-hybridized carbons (Fsp3) is 0.636. The quantitative estimate of drug-likeness (QED) is 0.457. The maximum Gasteiger partial charge on any atom is 0.0526 e. The second kappa shape index (κ2) is 6.58. The van der Waals surface area contributed by atoms with Crippen LogP contribution in [0.2, 0.25) is 0 Å². The van der Waals surface area contributed by atoms with E-state index >= 15 is 0 Å². The van der Waals surface area contributed by atoms with Crippen LogP contribution in [0, 0.1) is 5.92 Å². The van der Waals surface area contributed by atoms with Crippen molar-refractivity contribution in [3.8, 4) is 0 Å². The summed E-state index contributed by atoms with van der Waals surface area (Å²) >= 11 is 0. The Balaban J connectivity index is 4.54. The third-order valence-electron chi connectivity index (χ3n) is 2.00. The molecule has 0 heterocycles. The van der Waals surface area contributed by atoms with Gasteiger partial charge >= 0.3 is 0 Å². The van der Waals surface area contributed by atoms with Crippen LogP contribution in [0.15, 0.2) is 21.3 Å². The fourth-order valence-corrected chi connectivity index (χ4v) is 1.11. The average molecular weight is 180 g/mol. The molecule has 0 fully saturated rings. The largest absolute Gasteiger partial charge is 0.167 e. The van der Waals surface area contributed by atoms with E-state index in [4.69, 9.17) is 0 Å². The molecule has 0 radical (unpaired) electrons. The molecule has 0 amide bonds. The van der Waals surface area contributed by atoms with E-state index in [9.17, 15) is 0 Å². The summed E-state index contributed by atoms with van der Waals surface area (Å²) in [5.41, 5.74) is 2.69. The van der Waals surface area contributed by atoms with Gasteiger partial charge in [-0.2, -0.15) is 10.2 Å². The van der Waals surface area contributed by atoms with Crippen molar-refractivity contribution in [2.24, 2.45) is 16.1 Å². The molecule has 0 saturated carbocycles. The molecule has 0 aromatic heterocycles. The van der Waals surface area contributed by atoms with Crippen LogP contribution in [0.4, 0.5) is 0 Å². The van der Waals surface area contributed by atoms with Crippen LogP contribution >= 0.6 is 0 Å². The summed E-state index contributed by atoms with van der Waals surface area (Å²) in [5.74, 6) is 0.660. The lowest BCUT2D eigenvalue weighted by atomic mass is 9.98. The van der Waals surface area contributed by atoms with Crippen LogP contribution in [0.1, 0.15) is 40.5 Å². The first kappa shape index (κ1) is 12.1. The van der Waals surface area contributed by atoms with Gasteiger partial charge in [-0.15, -0.1) is 0 Å². The number of allylic oxidation sites excluding steroid dienone is 2. The first-order chi connectivity index (χ1) is 6.11. The van der Waals surface area contributed by atoms with Crippen LogP contribution in [0.3, 0.4) is 0 Å². The Morgan fingerprint density at radius 3 is 2.46 bits per heavy atom. The normalized spacial score (nSPS) is 13.6. The van der Waals surface area contributed by atoms with Gasteiger partial charge in [0.25, 0.3) is 0 Å². The molecular weight excluding hydrogens is 160 g/mol. The molecule has 2 heteroatoms. The third-order valence-corrected chi connectivity index (χ3v) is 2.00. The Kier molecular flexibility index (Phi) is 6.11. The SMILES string of the molecule is C=N/N=C\C(CC(C)C)=C(/C)CC. The van der Waals surface area contributed by atoms with Crippen LogP contribution < -0.4 is 0 Å². The van der Waals surface area contributed by atoms with Crippen molar-refractivity contribution in [2.45, 2.75) is 40.5 Å². The van der Waals surface area contributed by atoms with Crippen LogP contribution in [0.25, 0.3) is 0 Å². The van der Waals surface area contributed by atoms with Gasteiger partial charge in [0.2, 0.25) is 0 Å². The van der Waals surface area contributed by atoms with Crippen molar-refractivity contribution in [1.82, 2.24) is 0 Å². The van der Waals surface area contributed by atoms with E-state index in [-0.39, 0.29) is 0 Å². The molecule has 0 aliphatic carbocycles. The van der Waals surface area contributed by atoms with Gasteiger partial charge in [-0.3, -0.25) is 0 Å². The van der Waals surface area contributed by atoms with E-state index in [1.807, 2.05) is 6.21 Å². The molecule has 0 aliphatic heterocycles. The van der Waals surface area contributed by atoms with Gasteiger partial charge in [-0.25, -0.2) is 0 Å².